The smallest absolute Gasteiger partial charge is 0.159 e. The minimum absolute atomic E-state index is 0.896. The van der Waals surface area contributed by atoms with E-state index in [-0.39, 0.29) is 0 Å². The van der Waals surface area contributed by atoms with E-state index in [2.05, 4.69) is 167 Å². The molecule has 0 saturated heterocycles. The zero-order valence-corrected chi connectivity index (χ0v) is 25.7. The molecule has 47 heavy (non-hydrogen) atoms. The lowest BCUT2D eigenvalue weighted by Gasteiger charge is -2.26. The molecule has 0 N–H and O–H groups in total. The topological polar surface area (TPSA) is 21.3 Å². The number of nitrogens with zero attached hydrogens (tertiary/aromatic N) is 2. The van der Waals surface area contributed by atoms with Crippen LogP contribution in [0.25, 0.3) is 66.3 Å². The van der Waals surface area contributed by atoms with Crippen LogP contribution in [0.15, 0.2) is 156 Å². The molecule has 0 amide bonds. The van der Waals surface area contributed by atoms with E-state index in [1.54, 1.807) is 0 Å². The van der Waals surface area contributed by atoms with Crippen molar-refractivity contribution in [2.24, 2.45) is 0 Å². The molecule has 1 aliphatic rings. The van der Waals surface area contributed by atoms with Crippen molar-refractivity contribution >= 4 is 77.7 Å². The van der Waals surface area contributed by atoms with Gasteiger partial charge in [-0.25, -0.2) is 0 Å². The van der Waals surface area contributed by atoms with Crippen molar-refractivity contribution < 1.29 is 4.42 Å². The highest BCUT2D eigenvalue weighted by atomic mass is 16.3. The summed E-state index contributed by atoms with van der Waals surface area (Å²) in [5.41, 5.74) is 11.1. The van der Waals surface area contributed by atoms with Gasteiger partial charge in [0.15, 0.2) is 5.58 Å². The van der Waals surface area contributed by atoms with Gasteiger partial charge in [0.25, 0.3) is 0 Å². The van der Waals surface area contributed by atoms with Crippen molar-refractivity contribution in [2.75, 3.05) is 4.90 Å². The summed E-state index contributed by atoms with van der Waals surface area (Å²) in [7, 11) is 0. The van der Waals surface area contributed by atoms with Crippen LogP contribution in [-0.2, 0) is 6.42 Å². The lowest BCUT2D eigenvalue weighted by Crippen LogP contribution is -2.10. The van der Waals surface area contributed by atoms with Crippen molar-refractivity contribution in [1.29, 1.82) is 0 Å². The fourth-order valence-electron chi connectivity index (χ4n) is 7.69. The minimum atomic E-state index is 0.896. The molecular formula is C44H30N2O. The number of aromatic nitrogens is 1. The molecule has 1 aliphatic carbocycles. The number of hydrogen-bond acceptors (Lipinski definition) is 2. The van der Waals surface area contributed by atoms with E-state index in [0.717, 1.165) is 63.0 Å². The summed E-state index contributed by atoms with van der Waals surface area (Å²) in [6.45, 7) is 0. The second kappa shape index (κ2) is 10.2. The number of rotatable bonds is 4. The van der Waals surface area contributed by atoms with Crippen molar-refractivity contribution in [3.8, 4) is 5.69 Å². The van der Waals surface area contributed by atoms with Crippen LogP contribution in [0.3, 0.4) is 0 Å². The maximum atomic E-state index is 6.94. The summed E-state index contributed by atoms with van der Waals surface area (Å²) < 4.78 is 9.35. The molecule has 0 spiro atoms. The Labute approximate surface area is 272 Å². The van der Waals surface area contributed by atoms with E-state index in [9.17, 15) is 0 Å². The van der Waals surface area contributed by atoms with Crippen molar-refractivity contribution in [2.45, 2.75) is 12.8 Å². The monoisotopic (exact) mass is 602 g/mol. The van der Waals surface area contributed by atoms with Gasteiger partial charge in [0.05, 0.1) is 22.4 Å². The van der Waals surface area contributed by atoms with Crippen molar-refractivity contribution in [3.05, 3.63) is 163 Å². The van der Waals surface area contributed by atoms with Gasteiger partial charge in [0.2, 0.25) is 0 Å². The van der Waals surface area contributed by atoms with Gasteiger partial charge in [-0.2, -0.15) is 0 Å². The Kier molecular flexibility index (Phi) is 5.70. The number of para-hydroxylation sites is 3. The molecule has 2 heterocycles. The van der Waals surface area contributed by atoms with Crippen LogP contribution in [0, 0.1) is 0 Å². The quantitative estimate of drug-likeness (QED) is 0.200. The third kappa shape index (κ3) is 3.93. The average molecular weight is 603 g/mol. The molecule has 0 radical (unpaired) electrons. The predicted molar refractivity (Wildman–Crippen MR) is 198 cm³/mol. The van der Waals surface area contributed by atoms with Crippen LogP contribution in [0.2, 0.25) is 0 Å². The summed E-state index contributed by atoms with van der Waals surface area (Å²) in [4.78, 5) is 2.39. The van der Waals surface area contributed by atoms with E-state index in [1.807, 2.05) is 0 Å². The number of fused-ring (bicyclic) bond motifs is 9. The Bertz CT molecular complexity index is 2680. The van der Waals surface area contributed by atoms with E-state index >= 15 is 0 Å². The Morgan fingerprint density at radius 1 is 0.553 bits per heavy atom. The fraction of sp³-hybridized carbons (Fsp3) is 0.0455. The largest absolute Gasteiger partial charge is 0.453 e. The number of aryl methyl sites for hydroxylation is 1. The molecule has 2 aromatic heterocycles. The number of benzene rings is 7. The molecule has 0 aliphatic heterocycles. The maximum Gasteiger partial charge on any atom is 0.159 e. The second-order valence-corrected chi connectivity index (χ2v) is 12.4. The molecule has 3 heteroatoms. The minimum Gasteiger partial charge on any atom is -0.453 e. The lowest BCUT2D eigenvalue weighted by atomic mass is 9.95. The fourth-order valence-corrected chi connectivity index (χ4v) is 7.69. The van der Waals surface area contributed by atoms with Crippen LogP contribution in [0.4, 0.5) is 17.1 Å². The van der Waals surface area contributed by atoms with Crippen LogP contribution in [0.1, 0.15) is 17.5 Å². The maximum absolute atomic E-state index is 6.94. The zero-order valence-electron chi connectivity index (χ0n) is 25.7. The van der Waals surface area contributed by atoms with Crippen LogP contribution >= 0.6 is 0 Å². The Morgan fingerprint density at radius 3 is 2.13 bits per heavy atom. The van der Waals surface area contributed by atoms with E-state index < -0.39 is 0 Å². The summed E-state index contributed by atoms with van der Waals surface area (Å²) in [5.74, 6) is 0. The van der Waals surface area contributed by atoms with Gasteiger partial charge in [-0.3, -0.25) is 0 Å². The first-order valence-corrected chi connectivity index (χ1v) is 16.3. The van der Waals surface area contributed by atoms with Crippen molar-refractivity contribution in [1.82, 2.24) is 4.57 Å². The molecule has 222 valence electrons. The summed E-state index contributed by atoms with van der Waals surface area (Å²) in [6.07, 6.45) is 6.62. The molecule has 0 saturated carbocycles. The predicted octanol–water partition coefficient (Wildman–Crippen LogP) is 12.3. The van der Waals surface area contributed by atoms with Crippen molar-refractivity contribution in [3.63, 3.8) is 0 Å². The molecule has 7 aromatic carbocycles. The molecule has 9 aromatic rings. The average Bonchev–Trinajstić information content (AvgIpc) is 3.68. The highest BCUT2D eigenvalue weighted by molar-refractivity contribution is 6.20. The van der Waals surface area contributed by atoms with E-state index in [4.69, 9.17) is 4.42 Å². The van der Waals surface area contributed by atoms with Gasteiger partial charge in [0.1, 0.15) is 5.58 Å². The second-order valence-electron chi connectivity index (χ2n) is 12.4. The molecule has 0 atom stereocenters. The third-order valence-corrected chi connectivity index (χ3v) is 9.79. The molecule has 0 bridgehead atoms. The lowest BCUT2D eigenvalue weighted by molar-refractivity contribution is 0.667. The SMILES string of the molecule is C1=Cc2c(ccc3c2oc2c(N(c4ccccc4)c4cccc5c4c4cc6ccccc6cc4n5-c4ccccc4)cccc23)CC1. The van der Waals surface area contributed by atoms with Gasteiger partial charge >= 0.3 is 0 Å². The number of anilines is 3. The third-order valence-electron chi connectivity index (χ3n) is 9.79. The highest BCUT2D eigenvalue weighted by Crippen LogP contribution is 2.48. The van der Waals surface area contributed by atoms with Gasteiger partial charge in [-0.15, -0.1) is 0 Å². The zero-order chi connectivity index (χ0) is 30.9. The van der Waals surface area contributed by atoms with Crippen LogP contribution in [0.5, 0.6) is 0 Å². The molecular weight excluding hydrogens is 572 g/mol. The number of allylic oxidation sites excluding steroid dienone is 1. The van der Waals surface area contributed by atoms with Gasteiger partial charge in [0, 0.05) is 38.5 Å². The molecule has 3 nitrogen and oxygen atoms in total. The Hall–Kier alpha value is -6.06. The summed E-state index contributed by atoms with van der Waals surface area (Å²) >= 11 is 0. The summed E-state index contributed by atoms with van der Waals surface area (Å²) in [6, 6.07) is 52.5. The first-order valence-electron chi connectivity index (χ1n) is 16.3. The first kappa shape index (κ1) is 26.2. The molecule has 10 rings (SSSR count). The summed E-state index contributed by atoms with van der Waals surface area (Å²) in [5, 5.41) is 7.16. The van der Waals surface area contributed by atoms with Crippen LogP contribution < -0.4 is 4.90 Å². The Balaban J connectivity index is 1.33. The Morgan fingerprint density at radius 2 is 1.28 bits per heavy atom. The molecule has 0 fully saturated rings. The van der Waals surface area contributed by atoms with Gasteiger partial charge in [-0.05, 0) is 83.8 Å². The van der Waals surface area contributed by atoms with E-state index in [0.29, 0.717) is 0 Å². The standard InChI is InChI=1S/C44H30N2O/c1-3-16-32(17-4-1)45(40-24-11-21-35-36-26-25-29-13-9-10-20-34(29)43(36)47-44(35)40)38-22-12-23-39-42(38)37-27-30-14-7-8-15-31(30)28-41(37)46(39)33-18-5-2-6-19-33/h1-8,10-12,14-28H,9,13H2. The first-order chi connectivity index (χ1) is 23.3. The number of furan rings is 1. The van der Waals surface area contributed by atoms with Gasteiger partial charge < -0.3 is 13.9 Å². The number of hydrogen-bond donors (Lipinski definition) is 0. The normalized spacial score (nSPS) is 12.9. The highest BCUT2D eigenvalue weighted by Gasteiger charge is 2.25. The van der Waals surface area contributed by atoms with Crippen LogP contribution in [-0.4, -0.2) is 4.57 Å². The van der Waals surface area contributed by atoms with E-state index in [1.165, 1.54) is 38.2 Å². The van der Waals surface area contributed by atoms with Gasteiger partial charge in [-0.1, -0.05) is 103 Å². The molecule has 0 unspecified atom stereocenters.